The van der Waals surface area contributed by atoms with E-state index in [1.165, 1.54) is 0 Å². The van der Waals surface area contributed by atoms with Crippen LogP contribution in [-0.4, -0.2) is 39.5 Å². The highest BCUT2D eigenvalue weighted by atomic mass is 35.5. The highest BCUT2D eigenvalue weighted by Gasteiger charge is 2.36. The molecule has 0 amide bonds. The Morgan fingerprint density at radius 1 is 1.15 bits per heavy atom. The number of rotatable bonds is 5. The lowest BCUT2D eigenvalue weighted by atomic mass is 10.0. The van der Waals surface area contributed by atoms with E-state index in [4.69, 9.17) is 4.74 Å². The fourth-order valence-electron chi connectivity index (χ4n) is 3.35. The van der Waals surface area contributed by atoms with Crippen molar-refractivity contribution in [3.63, 3.8) is 0 Å². The molecule has 2 aromatic carbocycles. The number of aryl methyl sites for hydroxylation is 1. The molecule has 0 aliphatic carbocycles. The molecule has 0 saturated carbocycles. The molecule has 0 spiro atoms. The second kappa shape index (κ2) is 8.86. The van der Waals surface area contributed by atoms with Crippen molar-refractivity contribution in [2.75, 3.05) is 26.7 Å². The molecule has 2 aromatic rings. The highest BCUT2D eigenvalue weighted by Crippen LogP contribution is 2.34. The number of nitrogens with one attached hydrogen (secondary N) is 1. The van der Waals surface area contributed by atoms with E-state index in [-0.39, 0.29) is 18.4 Å². The van der Waals surface area contributed by atoms with Crippen LogP contribution in [0.1, 0.15) is 24.1 Å². The summed E-state index contributed by atoms with van der Waals surface area (Å²) >= 11 is 0. The van der Waals surface area contributed by atoms with Crippen LogP contribution in [0.4, 0.5) is 0 Å². The van der Waals surface area contributed by atoms with Gasteiger partial charge in [-0.1, -0.05) is 43.3 Å². The molecule has 0 radical (unpaired) electrons. The average molecular weight is 397 g/mol. The molecule has 1 saturated heterocycles. The molecule has 1 atom stereocenters. The van der Waals surface area contributed by atoms with Gasteiger partial charge in [-0.25, -0.2) is 8.42 Å². The molecule has 7 heteroatoms. The summed E-state index contributed by atoms with van der Waals surface area (Å²) in [7, 11) is -1.98. The van der Waals surface area contributed by atoms with Crippen LogP contribution >= 0.6 is 12.4 Å². The van der Waals surface area contributed by atoms with Gasteiger partial charge in [0.1, 0.15) is 5.75 Å². The third kappa shape index (κ3) is 3.88. The first-order chi connectivity index (χ1) is 12.1. The Labute approximate surface area is 161 Å². The van der Waals surface area contributed by atoms with E-state index in [1.807, 2.05) is 43.3 Å². The van der Waals surface area contributed by atoms with Gasteiger partial charge in [0.2, 0.25) is 10.0 Å². The zero-order chi connectivity index (χ0) is 17.9. The third-order valence-corrected chi connectivity index (χ3v) is 6.64. The lowest BCUT2D eigenvalue weighted by Gasteiger charge is -2.36. The molecule has 0 bridgehead atoms. The number of hydrogen-bond donors (Lipinski definition) is 1. The molecule has 142 valence electrons. The molecular weight excluding hydrogens is 372 g/mol. The van der Waals surface area contributed by atoms with Crippen LogP contribution in [0.5, 0.6) is 5.75 Å². The fourth-order valence-corrected chi connectivity index (χ4v) is 5.26. The first kappa shape index (κ1) is 20.7. The predicted octanol–water partition coefficient (Wildman–Crippen LogP) is 3.01. The summed E-state index contributed by atoms with van der Waals surface area (Å²) in [5.41, 5.74) is 1.73. The van der Waals surface area contributed by atoms with Crippen molar-refractivity contribution < 1.29 is 13.2 Å². The fraction of sp³-hybridized carbons (Fsp3) is 0.368. The standard InChI is InChI=1S/C19H24N2O3S.ClH/c1-3-15-8-4-7-11-19(15)25(22,23)21-13-12-20-14-17(21)16-9-5-6-10-18(16)24-2;/h4-11,17,20H,3,12-14H2,1-2H3;1H. The Hall–Kier alpha value is -1.60. The van der Waals surface area contributed by atoms with Crippen LogP contribution in [0.2, 0.25) is 0 Å². The molecular formula is C19H25ClN2O3S. The Morgan fingerprint density at radius 2 is 1.85 bits per heavy atom. The van der Waals surface area contributed by atoms with E-state index in [0.717, 1.165) is 11.1 Å². The van der Waals surface area contributed by atoms with E-state index in [1.54, 1.807) is 23.5 Å². The van der Waals surface area contributed by atoms with Gasteiger partial charge in [0.15, 0.2) is 0 Å². The Kier molecular flexibility index (Phi) is 7.06. The van der Waals surface area contributed by atoms with E-state index in [9.17, 15) is 8.42 Å². The van der Waals surface area contributed by atoms with Gasteiger partial charge in [-0.15, -0.1) is 12.4 Å². The van der Waals surface area contributed by atoms with Gasteiger partial charge in [0.25, 0.3) is 0 Å². The minimum atomic E-state index is -3.59. The predicted molar refractivity (Wildman–Crippen MR) is 106 cm³/mol. The smallest absolute Gasteiger partial charge is 0.243 e. The van der Waals surface area contributed by atoms with Crippen molar-refractivity contribution in [1.82, 2.24) is 9.62 Å². The Bertz CT molecular complexity index is 842. The molecule has 1 aliphatic heterocycles. The van der Waals surface area contributed by atoms with Crippen LogP contribution in [0.25, 0.3) is 0 Å². The SMILES string of the molecule is CCc1ccccc1S(=O)(=O)N1CCNCC1c1ccccc1OC.Cl. The Morgan fingerprint density at radius 3 is 2.58 bits per heavy atom. The lowest BCUT2D eigenvalue weighted by Crippen LogP contribution is -2.48. The minimum Gasteiger partial charge on any atom is -0.496 e. The van der Waals surface area contributed by atoms with Crippen LogP contribution in [0, 0.1) is 0 Å². The zero-order valence-electron chi connectivity index (χ0n) is 15.0. The van der Waals surface area contributed by atoms with Gasteiger partial charge >= 0.3 is 0 Å². The number of methoxy groups -OCH3 is 1. The van der Waals surface area contributed by atoms with Crippen LogP contribution in [-0.2, 0) is 16.4 Å². The summed E-state index contributed by atoms with van der Waals surface area (Å²) in [5.74, 6) is 0.708. The van der Waals surface area contributed by atoms with Crippen molar-refractivity contribution >= 4 is 22.4 Å². The number of para-hydroxylation sites is 1. The summed E-state index contributed by atoms with van der Waals surface area (Å²) in [6, 6.07) is 14.6. The summed E-state index contributed by atoms with van der Waals surface area (Å²) in [4.78, 5) is 0.402. The number of halogens is 1. The lowest BCUT2D eigenvalue weighted by molar-refractivity contribution is 0.264. The second-order valence-corrected chi connectivity index (χ2v) is 7.90. The van der Waals surface area contributed by atoms with Crippen molar-refractivity contribution in [3.8, 4) is 5.75 Å². The maximum Gasteiger partial charge on any atom is 0.243 e. The van der Waals surface area contributed by atoms with E-state index in [2.05, 4.69) is 5.32 Å². The molecule has 0 aromatic heterocycles. The topological polar surface area (TPSA) is 58.6 Å². The summed E-state index contributed by atoms with van der Waals surface area (Å²) in [6.45, 7) is 3.61. The molecule has 1 N–H and O–H groups in total. The van der Waals surface area contributed by atoms with Crippen molar-refractivity contribution in [2.24, 2.45) is 0 Å². The maximum absolute atomic E-state index is 13.4. The molecule has 26 heavy (non-hydrogen) atoms. The molecule has 1 unspecified atom stereocenters. The molecule has 5 nitrogen and oxygen atoms in total. The average Bonchev–Trinajstić information content (AvgIpc) is 2.67. The normalized spacial score (nSPS) is 18.2. The first-order valence-corrected chi connectivity index (χ1v) is 9.97. The number of hydrogen-bond acceptors (Lipinski definition) is 4. The largest absolute Gasteiger partial charge is 0.496 e. The minimum absolute atomic E-state index is 0. The molecule has 1 heterocycles. The number of benzene rings is 2. The van der Waals surface area contributed by atoms with Crippen molar-refractivity contribution in [3.05, 3.63) is 59.7 Å². The second-order valence-electron chi connectivity index (χ2n) is 6.04. The molecule has 3 rings (SSSR count). The molecule has 1 fully saturated rings. The number of nitrogens with zero attached hydrogens (tertiary/aromatic N) is 1. The third-order valence-electron chi connectivity index (χ3n) is 4.63. The number of ether oxygens (including phenoxy) is 1. The van der Waals surface area contributed by atoms with Crippen molar-refractivity contribution in [2.45, 2.75) is 24.3 Å². The quantitative estimate of drug-likeness (QED) is 0.844. The number of sulfonamides is 1. The van der Waals surface area contributed by atoms with Crippen molar-refractivity contribution in [1.29, 1.82) is 0 Å². The summed E-state index contributed by atoms with van der Waals surface area (Å²) in [6.07, 6.45) is 0.681. The zero-order valence-corrected chi connectivity index (χ0v) is 16.6. The molecule has 1 aliphatic rings. The van der Waals surface area contributed by atoms with Crippen LogP contribution in [0.3, 0.4) is 0 Å². The Balaban J connectivity index is 0.00000243. The van der Waals surface area contributed by atoms with Gasteiger partial charge in [0.05, 0.1) is 18.0 Å². The summed E-state index contributed by atoms with van der Waals surface area (Å²) in [5, 5.41) is 3.31. The summed E-state index contributed by atoms with van der Waals surface area (Å²) < 4.78 is 33.9. The monoisotopic (exact) mass is 396 g/mol. The van der Waals surface area contributed by atoms with Gasteiger partial charge in [-0.2, -0.15) is 4.31 Å². The van der Waals surface area contributed by atoms with Crippen LogP contribution in [0.15, 0.2) is 53.4 Å². The van der Waals surface area contributed by atoms with Gasteiger partial charge in [0, 0.05) is 25.2 Å². The maximum atomic E-state index is 13.4. The van der Waals surface area contributed by atoms with Crippen LogP contribution < -0.4 is 10.1 Å². The van der Waals surface area contributed by atoms with Gasteiger partial charge in [-0.3, -0.25) is 0 Å². The van der Waals surface area contributed by atoms with Gasteiger partial charge in [-0.05, 0) is 24.1 Å². The van der Waals surface area contributed by atoms with E-state index in [0.29, 0.717) is 36.7 Å². The van der Waals surface area contributed by atoms with E-state index >= 15 is 0 Å². The first-order valence-electron chi connectivity index (χ1n) is 8.53. The number of piperazine rings is 1. The van der Waals surface area contributed by atoms with Gasteiger partial charge < -0.3 is 10.1 Å². The van der Waals surface area contributed by atoms with E-state index < -0.39 is 10.0 Å². The highest BCUT2D eigenvalue weighted by molar-refractivity contribution is 7.89.